The van der Waals surface area contributed by atoms with Gasteiger partial charge >= 0.3 is 107 Å². The largest absolute Gasteiger partial charge is 0.460 e. The summed E-state index contributed by atoms with van der Waals surface area (Å²) in [6.45, 7) is 7.42. The van der Waals surface area contributed by atoms with Crippen LogP contribution < -0.4 is 47.6 Å². The molecule has 2 aromatic carbocycles. The number of hydrogen-bond acceptors (Lipinski definition) is 11. The van der Waals surface area contributed by atoms with Crippen LogP contribution in [0.2, 0.25) is 0 Å². The van der Waals surface area contributed by atoms with Crippen LogP contribution in [0.5, 0.6) is 11.5 Å². The Labute approximate surface area is 657 Å². The van der Waals surface area contributed by atoms with Gasteiger partial charge in [-0.15, -0.1) is 0 Å². The molecule has 0 heterocycles. The van der Waals surface area contributed by atoms with Crippen LogP contribution in [0.1, 0.15) is 135 Å². The molecule has 0 aliphatic rings. The molecule has 62 heteroatoms. The SMILES string of the molecule is CCCCCCCCCCCCCCCCCCCCCC(N)=O.NCCNCCNCCN.NS(=O)(=O)c1c(F)c(F)c(F)c(F)c1OC(F)=C(F)C(F)(F)C(F)(F)C(F)(F)C(F)(F)C(F)(F)C(F)(F)C(F)(F)C(F)(F)F.NS(=O)(=O)c1c(F)c(F)c(F)c(F)c1OC(F)=C(F)C(F)(F)C(F)(F)C(F)(F)C(F)(F)C(F)(F)C(F)(F)C(F)(F)C(F)(F)F. The van der Waals surface area contributed by atoms with Gasteiger partial charge in [0.1, 0.15) is 0 Å². The Morgan fingerprint density at radius 3 is 0.697 bits per heavy atom. The third-order valence-corrected chi connectivity index (χ3v) is 17.7. The van der Waals surface area contributed by atoms with Gasteiger partial charge in [0.15, 0.2) is 44.6 Å². The van der Waals surface area contributed by atoms with E-state index in [4.69, 9.17) is 17.2 Å². The summed E-state index contributed by atoms with van der Waals surface area (Å²) in [5, 5.41) is 14.6. The van der Waals surface area contributed by atoms with Crippen LogP contribution in [0.3, 0.4) is 0 Å². The van der Waals surface area contributed by atoms with Crippen molar-refractivity contribution < 1.29 is 233 Å². The second-order valence-corrected chi connectivity index (χ2v) is 28.0. The normalized spacial score (nSPS) is 14.4. The summed E-state index contributed by atoms with van der Waals surface area (Å²) in [4.78, 5) is 4.54. The van der Waals surface area contributed by atoms with Crippen molar-refractivity contribution in [2.75, 3.05) is 39.3 Å². The van der Waals surface area contributed by atoms with Gasteiger partial charge < -0.3 is 37.3 Å². The van der Waals surface area contributed by atoms with Crippen LogP contribution in [0.25, 0.3) is 0 Å². The number of hydrogen-bond donors (Lipinski definition) is 7. The lowest BCUT2D eigenvalue weighted by atomic mass is 9.88. The Morgan fingerprint density at radius 1 is 0.303 bits per heavy atom. The monoisotopic (exact) mass is 1940 g/mol. The summed E-state index contributed by atoms with van der Waals surface area (Å²) in [5.74, 6) is -168. The lowest BCUT2D eigenvalue weighted by Crippen LogP contribution is -2.74. The van der Waals surface area contributed by atoms with Crippen molar-refractivity contribution in [3.05, 3.63) is 70.2 Å². The van der Waals surface area contributed by atoms with Crippen LogP contribution in [0.4, 0.5) is 202 Å². The zero-order chi connectivity index (χ0) is 97.0. The molecule has 0 aromatic heterocycles. The summed E-state index contributed by atoms with van der Waals surface area (Å²) in [7, 11) is -12.3. The molecule has 2 rings (SSSR count). The second-order valence-electron chi connectivity index (χ2n) is 25.0. The average Bonchev–Trinajstić information content (AvgIpc) is 0.696. The van der Waals surface area contributed by atoms with Gasteiger partial charge in [-0.05, 0) is 6.42 Å². The summed E-state index contributed by atoms with van der Waals surface area (Å²) in [5.41, 5.74) is 15.7. The third kappa shape index (κ3) is 25.9. The molecule has 0 saturated carbocycles. The van der Waals surface area contributed by atoms with Crippen LogP contribution >= 0.6 is 0 Å². The molecule has 0 fully saturated rings. The number of carbonyl (C=O) groups excluding carboxylic acids is 1. The lowest BCUT2D eigenvalue weighted by Gasteiger charge is -2.42. The van der Waals surface area contributed by atoms with E-state index in [1.54, 1.807) is 0 Å². The predicted octanol–water partition coefficient (Wildman–Crippen LogP) is 20.2. The van der Waals surface area contributed by atoms with Crippen LogP contribution in [0, 0.1) is 46.5 Å². The molecule has 0 aliphatic heterocycles. The number of carbonyl (C=O) groups is 1. The number of ether oxygens (including phenoxy) is 2. The fraction of sp³-hybridized carbons (Fsp3) is 0.717. The Hall–Kier alpha value is -6.57. The molecule has 14 nitrogen and oxygen atoms in total. The number of benzene rings is 2. The van der Waals surface area contributed by atoms with E-state index in [1.807, 2.05) is 0 Å². The molecule has 0 saturated heterocycles. The molecule has 0 unspecified atom stereocenters. The first-order valence-electron chi connectivity index (χ1n) is 33.3. The van der Waals surface area contributed by atoms with E-state index in [0.29, 0.717) is 19.5 Å². The van der Waals surface area contributed by atoms with Gasteiger partial charge in [-0.25, -0.2) is 53.5 Å². The maximum atomic E-state index is 13.8. The minimum absolute atomic E-state index is 0.151. The summed E-state index contributed by atoms with van der Waals surface area (Å²) >= 11 is 0. The number of primary sulfonamides is 2. The van der Waals surface area contributed by atoms with Crippen molar-refractivity contribution in [3.63, 3.8) is 0 Å². The van der Waals surface area contributed by atoms with E-state index in [-0.39, 0.29) is 5.91 Å². The minimum atomic E-state index is -9.22. The number of halogens is 46. The van der Waals surface area contributed by atoms with Gasteiger partial charge in [0, 0.05) is 45.7 Å². The molecular weight excluding hydrogens is 1870 g/mol. The van der Waals surface area contributed by atoms with Crippen molar-refractivity contribution in [2.24, 2.45) is 27.5 Å². The molecule has 718 valence electrons. The molecule has 0 spiro atoms. The molecule has 1 amide bonds. The molecule has 2 aromatic rings. The van der Waals surface area contributed by atoms with Gasteiger partial charge in [0.05, 0.1) is 0 Å². The first-order valence-corrected chi connectivity index (χ1v) is 36.4. The Kier molecular flexibility index (Phi) is 42.6. The summed E-state index contributed by atoms with van der Waals surface area (Å²) < 4.78 is 663. The smallest absolute Gasteiger partial charge is 0.425 e. The highest BCUT2D eigenvalue weighted by molar-refractivity contribution is 7.89. The van der Waals surface area contributed by atoms with Gasteiger partial charge in [0.2, 0.25) is 60.9 Å². The Balaban J connectivity index is 0. The number of nitrogens with two attached hydrogens (primary N) is 5. The number of nitrogens with one attached hydrogen (secondary N) is 2. The molecule has 122 heavy (non-hydrogen) atoms. The second kappa shape index (κ2) is 44.2. The zero-order valence-corrected chi connectivity index (χ0v) is 62.5. The predicted molar refractivity (Wildman–Crippen MR) is 327 cm³/mol. The number of allylic oxidation sites excluding steroid dienone is 2. The maximum absolute atomic E-state index is 13.8. The van der Waals surface area contributed by atoms with E-state index in [1.165, 1.54) is 116 Å². The zero-order valence-electron chi connectivity index (χ0n) is 60.8. The van der Waals surface area contributed by atoms with Gasteiger partial charge in [0.25, 0.3) is 0 Å². The summed E-state index contributed by atoms with van der Waals surface area (Å²) in [6, 6.07) is -9.13. The number of alkyl halides is 34. The molecule has 0 radical (unpaired) electrons. The van der Waals surface area contributed by atoms with Crippen molar-refractivity contribution in [2.45, 2.75) is 240 Å². The van der Waals surface area contributed by atoms with E-state index in [2.05, 4.69) is 37.3 Å². The topological polar surface area (TPSA) is 258 Å². The van der Waals surface area contributed by atoms with Gasteiger partial charge in [-0.3, -0.25) is 4.79 Å². The van der Waals surface area contributed by atoms with E-state index < -0.39 is 207 Å². The highest BCUT2D eigenvalue weighted by Gasteiger charge is 2.97. The molecular formula is C60H67F46N7O7S2. The van der Waals surface area contributed by atoms with Gasteiger partial charge in [-0.1, -0.05) is 122 Å². The van der Waals surface area contributed by atoms with Gasteiger partial charge in [-0.2, -0.15) is 176 Å². The van der Waals surface area contributed by atoms with Crippen LogP contribution in [0.15, 0.2) is 33.5 Å². The third-order valence-electron chi connectivity index (χ3n) is 15.8. The highest BCUT2D eigenvalue weighted by atomic mass is 32.2. The highest BCUT2D eigenvalue weighted by Crippen LogP contribution is 2.67. The van der Waals surface area contributed by atoms with Crippen molar-refractivity contribution >= 4 is 26.0 Å². The first kappa shape index (κ1) is 117. The van der Waals surface area contributed by atoms with Crippen molar-refractivity contribution in [1.29, 1.82) is 0 Å². The van der Waals surface area contributed by atoms with E-state index in [0.717, 1.165) is 32.6 Å². The quantitative estimate of drug-likeness (QED) is 0.0108. The first-order chi connectivity index (χ1) is 54.6. The van der Waals surface area contributed by atoms with Crippen molar-refractivity contribution in [3.8, 4) is 11.5 Å². The Bertz CT molecular complexity index is 3790. The van der Waals surface area contributed by atoms with Crippen LogP contribution in [-0.4, -0.2) is 157 Å². The average molecular weight is 1940 g/mol. The maximum Gasteiger partial charge on any atom is 0.460 e. The Morgan fingerprint density at radius 2 is 0.500 bits per heavy atom. The van der Waals surface area contributed by atoms with E-state index in [9.17, 15) is 224 Å². The molecule has 0 bridgehead atoms. The lowest BCUT2D eigenvalue weighted by molar-refractivity contribution is -0.460. The number of unbranched alkanes of at least 4 members (excludes halogenated alkanes) is 18. The summed E-state index contributed by atoms with van der Waals surface area (Å²) in [6.07, 6.45) is 10.7. The van der Waals surface area contributed by atoms with Crippen LogP contribution in [-0.2, 0) is 24.8 Å². The van der Waals surface area contributed by atoms with E-state index >= 15 is 0 Å². The standard InChI is InChI=1S/C22H45NO.2C16H2F23NO3S.C6H18N4/c1-2-3-4-5-6-7-8-9-10-11-12-13-14-15-16-17-18-19-20-21-22(23)24;2*17-1-2(18)4(20)6(44(40,41)42)5(3(1)19)43-8(22)7(21)9(23,24)10(25,26)11(27,28)12(29,30)13(31,32)14(33,34)15(35,36)16(37,38)39;7-1-3-9-5-6-10-4-2-8/h2-21H2,1H3,(H2,23,24);2*(H2,40,41,42);9-10H,1-8H2. The number of amides is 1. The molecule has 12 N–H and O–H groups in total. The minimum Gasteiger partial charge on any atom is -0.425 e. The number of rotatable bonds is 47. The molecule has 0 atom stereocenters. The fourth-order valence-electron chi connectivity index (χ4n) is 9.00. The number of primary amides is 1. The van der Waals surface area contributed by atoms with Crippen molar-refractivity contribution in [1.82, 2.24) is 10.6 Å². The fourth-order valence-corrected chi connectivity index (χ4v) is 10.5. The molecule has 0 aliphatic carbocycles. The number of sulfonamides is 2.